The number of hydrogen-bond donors (Lipinski definition) is 4. The van der Waals surface area contributed by atoms with Crippen molar-refractivity contribution in [1.82, 2.24) is 14.9 Å². The number of hydrogen-bond acceptors (Lipinski definition) is 7. The molecule has 45 heavy (non-hydrogen) atoms. The summed E-state index contributed by atoms with van der Waals surface area (Å²) in [7, 11) is 1.23. The SMILES string of the molecule is COC(=O)Nc1ccc2c(c1)NC(=O)/C=C\CCC(C(=O)N1CCC[C@@]3(C1)OC(=O)Nc1ccc(Cl)c(F)c13)c1nc-2c(Cl)[nH]1. The predicted octanol–water partition coefficient (Wildman–Crippen LogP) is 6.15. The Bertz CT molecular complexity index is 1760. The zero-order valence-corrected chi connectivity index (χ0v) is 25.4. The van der Waals surface area contributed by atoms with Crippen molar-refractivity contribution in [2.24, 2.45) is 0 Å². The molecule has 6 rings (SSSR count). The maximum absolute atomic E-state index is 15.4. The molecule has 3 aliphatic heterocycles. The first-order chi connectivity index (χ1) is 21.6. The van der Waals surface area contributed by atoms with Crippen molar-refractivity contribution in [2.45, 2.75) is 37.2 Å². The van der Waals surface area contributed by atoms with E-state index in [2.05, 4.69) is 25.7 Å². The molecule has 1 saturated heterocycles. The highest BCUT2D eigenvalue weighted by atomic mass is 35.5. The van der Waals surface area contributed by atoms with Crippen molar-refractivity contribution in [3.05, 3.63) is 69.9 Å². The molecule has 3 aliphatic rings. The lowest BCUT2D eigenvalue weighted by Gasteiger charge is -2.45. The van der Waals surface area contributed by atoms with Crippen LogP contribution in [-0.2, 0) is 24.7 Å². The normalized spacial score (nSPS) is 21.6. The summed E-state index contributed by atoms with van der Waals surface area (Å²) in [5.74, 6) is -2.03. The van der Waals surface area contributed by atoms with Gasteiger partial charge in [-0.3, -0.25) is 20.2 Å². The summed E-state index contributed by atoms with van der Waals surface area (Å²) in [6.45, 7) is 0.232. The van der Waals surface area contributed by atoms with Crippen LogP contribution in [0.4, 0.5) is 31.0 Å². The number of H-pyrrole nitrogens is 1. The molecule has 2 atom stereocenters. The van der Waals surface area contributed by atoms with Gasteiger partial charge in [-0.2, -0.15) is 0 Å². The number of ether oxygens (including phenoxy) is 2. The zero-order valence-electron chi connectivity index (χ0n) is 23.8. The lowest BCUT2D eigenvalue weighted by molar-refractivity contribution is -0.141. The second-order valence-electron chi connectivity index (χ2n) is 10.8. The standard InChI is InChI=1S/C30H27Cl2FN6O6/c1-44-28(42)34-15-7-8-16-20(13-15)35-21(40)6-3-2-5-17(26-37-24(16)25(32)38-26)27(41)39-12-4-11-30(14-39)22-19(36-29(43)45-30)10-9-18(31)23(22)33/h3,6-10,13,17H,2,4-5,11-12,14H2,1H3,(H,34,42)(H,35,40)(H,36,43)(H,37,38)/b6-3-/t17?,30-/m0/s1. The number of halogens is 3. The molecule has 3 aromatic rings. The molecule has 12 nitrogen and oxygen atoms in total. The van der Waals surface area contributed by atoms with Gasteiger partial charge in [0, 0.05) is 17.8 Å². The molecule has 15 heteroatoms. The van der Waals surface area contributed by atoms with Crippen LogP contribution in [0.2, 0.25) is 10.2 Å². The monoisotopic (exact) mass is 656 g/mol. The molecule has 1 unspecified atom stereocenters. The van der Waals surface area contributed by atoms with Crippen molar-refractivity contribution in [3.8, 4) is 11.3 Å². The molecule has 4 heterocycles. The lowest BCUT2D eigenvalue weighted by Crippen LogP contribution is -2.54. The number of imidazole rings is 1. The van der Waals surface area contributed by atoms with Gasteiger partial charge in [-0.15, -0.1) is 0 Å². The van der Waals surface area contributed by atoms with E-state index in [-0.39, 0.29) is 52.4 Å². The third kappa shape index (κ3) is 5.80. The van der Waals surface area contributed by atoms with Crippen molar-refractivity contribution >= 4 is 64.3 Å². The van der Waals surface area contributed by atoms with Crippen molar-refractivity contribution in [2.75, 3.05) is 36.1 Å². The van der Waals surface area contributed by atoms with E-state index in [4.69, 9.17) is 32.9 Å². The number of aromatic nitrogens is 2. The quantitative estimate of drug-likeness (QED) is 0.258. The first-order valence-corrected chi connectivity index (χ1v) is 14.8. The fourth-order valence-corrected chi connectivity index (χ4v) is 6.40. The summed E-state index contributed by atoms with van der Waals surface area (Å²) in [5.41, 5.74) is 0.283. The number of allylic oxidation sites excluding steroid dienone is 1. The second kappa shape index (κ2) is 12.1. The number of carbonyl (C=O) groups is 4. The van der Waals surface area contributed by atoms with Gasteiger partial charge in [0.2, 0.25) is 11.8 Å². The molecule has 2 aromatic carbocycles. The maximum atomic E-state index is 15.4. The van der Waals surface area contributed by atoms with E-state index in [1.54, 1.807) is 18.2 Å². The van der Waals surface area contributed by atoms with Gasteiger partial charge in [0.05, 0.1) is 41.5 Å². The Kier molecular flexibility index (Phi) is 8.14. The van der Waals surface area contributed by atoms with Gasteiger partial charge < -0.3 is 24.7 Å². The molecule has 1 aromatic heterocycles. The summed E-state index contributed by atoms with van der Waals surface area (Å²) in [6, 6.07) is 7.61. The zero-order chi connectivity index (χ0) is 31.9. The lowest BCUT2D eigenvalue weighted by atomic mass is 9.82. The number of nitrogens with zero attached hydrogens (tertiary/aromatic N) is 2. The van der Waals surface area contributed by atoms with E-state index in [0.29, 0.717) is 42.1 Å². The number of benzene rings is 2. The number of nitrogens with one attached hydrogen (secondary N) is 4. The minimum atomic E-state index is -1.44. The van der Waals surface area contributed by atoms with Gasteiger partial charge in [0.25, 0.3) is 0 Å². The van der Waals surface area contributed by atoms with Gasteiger partial charge in [0.1, 0.15) is 16.7 Å². The third-order valence-electron chi connectivity index (χ3n) is 8.00. The molecular weight excluding hydrogens is 630 g/mol. The van der Waals surface area contributed by atoms with Crippen LogP contribution in [0.3, 0.4) is 0 Å². The Morgan fingerprint density at radius 3 is 2.80 bits per heavy atom. The van der Waals surface area contributed by atoms with Gasteiger partial charge in [0.15, 0.2) is 11.4 Å². The van der Waals surface area contributed by atoms with E-state index < -0.39 is 35.4 Å². The number of likely N-dealkylation sites (tertiary alicyclic amines) is 1. The van der Waals surface area contributed by atoms with Crippen LogP contribution in [0, 0.1) is 5.82 Å². The van der Waals surface area contributed by atoms with Crippen molar-refractivity contribution in [3.63, 3.8) is 0 Å². The summed E-state index contributed by atoms with van der Waals surface area (Å²) in [6.07, 6.45) is 2.87. The minimum absolute atomic E-state index is 0.0979. The van der Waals surface area contributed by atoms with Gasteiger partial charge in [-0.25, -0.2) is 19.0 Å². The second-order valence-corrected chi connectivity index (χ2v) is 11.6. The van der Waals surface area contributed by atoms with Crippen LogP contribution in [0.1, 0.15) is 43.0 Å². The smallest absolute Gasteiger partial charge is 0.412 e. The first-order valence-electron chi connectivity index (χ1n) is 14.1. The molecule has 4 amide bonds. The minimum Gasteiger partial charge on any atom is -0.453 e. The average Bonchev–Trinajstić information content (AvgIpc) is 3.38. The molecule has 4 N–H and O–H groups in total. The summed E-state index contributed by atoms with van der Waals surface area (Å²) in [4.78, 5) is 60.6. The number of rotatable bonds is 2. The van der Waals surface area contributed by atoms with Crippen molar-refractivity contribution < 1.29 is 33.0 Å². The molecule has 1 spiro atoms. The molecule has 0 aliphatic carbocycles. The van der Waals surface area contributed by atoms with Crippen LogP contribution in [0.15, 0.2) is 42.5 Å². The largest absolute Gasteiger partial charge is 0.453 e. The number of piperidine rings is 1. The molecule has 234 valence electrons. The van der Waals surface area contributed by atoms with E-state index in [0.717, 1.165) is 0 Å². The van der Waals surface area contributed by atoms with Crippen LogP contribution < -0.4 is 16.0 Å². The number of fused-ring (bicyclic) bond motifs is 6. The van der Waals surface area contributed by atoms with Crippen molar-refractivity contribution in [1.29, 1.82) is 0 Å². The Balaban J connectivity index is 1.36. The highest BCUT2D eigenvalue weighted by molar-refractivity contribution is 6.32. The van der Waals surface area contributed by atoms with E-state index in [1.807, 2.05) is 0 Å². The summed E-state index contributed by atoms with van der Waals surface area (Å²) >= 11 is 12.7. The molecular formula is C30H27Cl2FN6O6. The molecule has 0 saturated carbocycles. The number of carbonyl (C=O) groups excluding carboxylic acids is 4. The Hall–Kier alpha value is -4.62. The van der Waals surface area contributed by atoms with Crippen LogP contribution in [0.5, 0.6) is 0 Å². The average molecular weight is 657 g/mol. The maximum Gasteiger partial charge on any atom is 0.412 e. The fourth-order valence-electron chi connectivity index (χ4n) is 6.00. The van der Waals surface area contributed by atoms with Gasteiger partial charge in [-0.05, 0) is 62.1 Å². The van der Waals surface area contributed by atoms with Crippen LogP contribution in [-0.4, -0.2) is 59.1 Å². The van der Waals surface area contributed by atoms with Gasteiger partial charge >= 0.3 is 12.2 Å². The van der Waals surface area contributed by atoms with Crippen LogP contribution >= 0.6 is 23.2 Å². The Morgan fingerprint density at radius 1 is 1.18 bits per heavy atom. The van der Waals surface area contributed by atoms with Crippen LogP contribution in [0.25, 0.3) is 11.3 Å². The first kappa shape index (κ1) is 30.4. The van der Waals surface area contributed by atoms with E-state index in [9.17, 15) is 19.2 Å². The van der Waals surface area contributed by atoms with E-state index in [1.165, 1.54) is 36.3 Å². The number of anilines is 3. The number of aromatic amines is 1. The number of methoxy groups -OCH3 is 1. The fraction of sp³-hybridized carbons (Fsp3) is 0.300. The third-order valence-corrected chi connectivity index (χ3v) is 8.57. The molecule has 2 bridgehead atoms. The summed E-state index contributed by atoms with van der Waals surface area (Å²) < 4.78 is 25.8. The Labute approximate surface area is 266 Å². The van der Waals surface area contributed by atoms with Gasteiger partial charge in [-0.1, -0.05) is 29.3 Å². The molecule has 0 radical (unpaired) electrons. The Morgan fingerprint density at radius 2 is 2.00 bits per heavy atom. The topological polar surface area (TPSA) is 155 Å². The highest BCUT2D eigenvalue weighted by Crippen LogP contribution is 2.46. The highest BCUT2D eigenvalue weighted by Gasteiger charge is 2.49. The summed E-state index contributed by atoms with van der Waals surface area (Å²) in [5, 5.41) is 7.86. The number of amides is 4. The predicted molar refractivity (Wildman–Crippen MR) is 164 cm³/mol. The van der Waals surface area contributed by atoms with E-state index >= 15 is 4.39 Å². The molecule has 1 fully saturated rings.